The van der Waals surface area contributed by atoms with Crippen molar-refractivity contribution in [3.8, 4) is 0 Å². The van der Waals surface area contributed by atoms with E-state index in [4.69, 9.17) is 5.11 Å². The van der Waals surface area contributed by atoms with Crippen LogP contribution >= 0.6 is 0 Å². The smallest absolute Gasteiger partial charge is 0.328 e. The second-order valence-corrected chi connectivity index (χ2v) is 3.01. The van der Waals surface area contributed by atoms with Gasteiger partial charge in [-0.3, -0.25) is 9.48 Å². The summed E-state index contributed by atoms with van der Waals surface area (Å²) in [5, 5.41) is 12.7. The topological polar surface area (TPSA) is 72.2 Å². The van der Waals surface area contributed by atoms with Crippen molar-refractivity contribution in [2.45, 2.75) is 25.8 Å². The summed E-state index contributed by atoms with van der Waals surface area (Å²) in [4.78, 5) is 21.2. The molecule has 5 heteroatoms. The van der Waals surface area contributed by atoms with Crippen molar-refractivity contribution in [3.05, 3.63) is 18.0 Å². The first-order valence-electron chi connectivity index (χ1n) is 4.41. The van der Waals surface area contributed by atoms with Crippen LogP contribution in [0.5, 0.6) is 0 Å². The molecule has 0 amide bonds. The Labute approximate surface area is 81.3 Å². The van der Waals surface area contributed by atoms with Crippen molar-refractivity contribution < 1.29 is 14.7 Å². The Kier molecular flexibility index (Phi) is 3.39. The van der Waals surface area contributed by atoms with E-state index in [0.717, 1.165) is 6.42 Å². The summed E-state index contributed by atoms with van der Waals surface area (Å²) in [7, 11) is 0. The molecule has 0 aliphatic heterocycles. The van der Waals surface area contributed by atoms with E-state index in [0.29, 0.717) is 18.3 Å². The maximum atomic E-state index is 10.8. The molecule has 1 heterocycles. The fourth-order valence-corrected chi connectivity index (χ4v) is 1.23. The highest BCUT2D eigenvalue weighted by Crippen LogP contribution is 2.13. The van der Waals surface area contributed by atoms with Crippen molar-refractivity contribution in [1.82, 2.24) is 9.78 Å². The van der Waals surface area contributed by atoms with Crippen molar-refractivity contribution in [1.29, 1.82) is 0 Å². The summed E-state index contributed by atoms with van der Waals surface area (Å²) in [6.45, 7) is 1.90. The lowest BCUT2D eigenvalue weighted by molar-refractivity contribution is -0.141. The maximum Gasteiger partial charge on any atom is 0.328 e. The molecule has 14 heavy (non-hydrogen) atoms. The van der Waals surface area contributed by atoms with E-state index in [1.54, 1.807) is 0 Å². The van der Waals surface area contributed by atoms with Crippen LogP contribution in [0.2, 0.25) is 0 Å². The van der Waals surface area contributed by atoms with Gasteiger partial charge < -0.3 is 5.11 Å². The fraction of sp³-hybridized carbons (Fsp3) is 0.444. The number of aromatic nitrogens is 2. The molecule has 0 aromatic carbocycles. The first-order chi connectivity index (χ1) is 6.69. The van der Waals surface area contributed by atoms with Crippen LogP contribution in [-0.2, 0) is 4.79 Å². The Hall–Kier alpha value is -1.65. The molecule has 0 spiro atoms. The number of hydrogen-bond acceptors (Lipinski definition) is 3. The van der Waals surface area contributed by atoms with E-state index < -0.39 is 12.0 Å². The second-order valence-electron chi connectivity index (χ2n) is 3.01. The lowest BCUT2D eigenvalue weighted by atomic mass is 10.2. The highest BCUT2D eigenvalue weighted by Gasteiger charge is 2.18. The number of carbonyl (C=O) groups excluding carboxylic acids is 1. The van der Waals surface area contributed by atoms with Gasteiger partial charge in [0.05, 0.1) is 11.8 Å². The van der Waals surface area contributed by atoms with Crippen LogP contribution in [0.3, 0.4) is 0 Å². The van der Waals surface area contributed by atoms with Crippen molar-refractivity contribution in [2.75, 3.05) is 0 Å². The second kappa shape index (κ2) is 4.55. The lowest BCUT2D eigenvalue weighted by Gasteiger charge is -2.10. The quantitative estimate of drug-likeness (QED) is 0.716. The van der Waals surface area contributed by atoms with Crippen LogP contribution in [0.15, 0.2) is 12.4 Å². The third-order valence-corrected chi connectivity index (χ3v) is 1.92. The number of carboxylic acid groups (broad SMARTS) is 1. The lowest BCUT2D eigenvalue weighted by Crippen LogP contribution is -2.19. The van der Waals surface area contributed by atoms with Crippen molar-refractivity contribution in [3.63, 3.8) is 0 Å². The standard InChI is InChI=1S/C9H12N2O3/c1-2-3-8(9(13)14)11-5-7(6-12)4-10-11/h4-6,8H,2-3H2,1H3,(H,13,14). The van der Waals surface area contributed by atoms with Gasteiger partial charge in [0.1, 0.15) is 6.04 Å². The molecule has 0 bridgehead atoms. The zero-order chi connectivity index (χ0) is 10.6. The Bertz CT molecular complexity index is 333. The molecule has 0 aliphatic rings. The summed E-state index contributed by atoms with van der Waals surface area (Å²) in [6.07, 6.45) is 4.72. The molecule has 1 unspecified atom stereocenters. The zero-order valence-corrected chi connectivity index (χ0v) is 7.88. The monoisotopic (exact) mass is 196 g/mol. The average Bonchev–Trinajstić information content (AvgIpc) is 2.61. The first-order valence-corrected chi connectivity index (χ1v) is 4.41. The van der Waals surface area contributed by atoms with E-state index in [-0.39, 0.29) is 0 Å². The molecular weight excluding hydrogens is 184 g/mol. The Morgan fingerprint density at radius 1 is 1.79 bits per heavy atom. The molecule has 0 radical (unpaired) electrons. The van der Waals surface area contributed by atoms with Crippen LogP contribution in [0.25, 0.3) is 0 Å². The molecule has 0 saturated carbocycles. The molecule has 1 N–H and O–H groups in total. The van der Waals surface area contributed by atoms with Crippen molar-refractivity contribution in [2.24, 2.45) is 0 Å². The summed E-state index contributed by atoms with van der Waals surface area (Å²) in [5.41, 5.74) is 0.396. The van der Waals surface area contributed by atoms with Crippen LogP contribution in [0.1, 0.15) is 36.2 Å². The molecule has 1 atom stereocenters. The minimum atomic E-state index is -0.924. The summed E-state index contributed by atoms with van der Waals surface area (Å²) in [6, 6.07) is -0.673. The molecule has 1 rings (SSSR count). The Balaban J connectivity index is 2.87. The number of aldehydes is 1. The van der Waals surface area contributed by atoms with Gasteiger partial charge in [-0.15, -0.1) is 0 Å². The molecule has 1 aromatic rings. The van der Waals surface area contributed by atoms with Gasteiger partial charge >= 0.3 is 5.97 Å². The summed E-state index contributed by atoms with van der Waals surface area (Å²) in [5.74, 6) is -0.924. The molecule has 1 aromatic heterocycles. The molecule has 5 nitrogen and oxygen atoms in total. The van der Waals surface area contributed by atoms with Gasteiger partial charge in [0.15, 0.2) is 6.29 Å². The number of carboxylic acids is 1. The molecule has 0 aliphatic carbocycles. The zero-order valence-electron chi connectivity index (χ0n) is 7.88. The van der Waals surface area contributed by atoms with Crippen LogP contribution in [0.4, 0.5) is 0 Å². The van der Waals surface area contributed by atoms with Gasteiger partial charge in [0.2, 0.25) is 0 Å². The number of rotatable bonds is 5. The fourth-order valence-electron chi connectivity index (χ4n) is 1.23. The highest BCUT2D eigenvalue weighted by molar-refractivity contribution is 5.75. The first kappa shape index (κ1) is 10.4. The van der Waals surface area contributed by atoms with Gasteiger partial charge in [-0.05, 0) is 6.42 Å². The van der Waals surface area contributed by atoms with Gasteiger partial charge in [-0.2, -0.15) is 5.10 Å². The summed E-state index contributed by atoms with van der Waals surface area (Å²) >= 11 is 0. The van der Waals surface area contributed by atoms with Crippen molar-refractivity contribution >= 4 is 12.3 Å². The Morgan fingerprint density at radius 2 is 2.50 bits per heavy atom. The van der Waals surface area contributed by atoms with Crippen LogP contribution in [0, 0.1) is 0 Å². The highest BCUT2D eigenvalue weighted by atomic mass is 16.4. The third-order valence-electron chi connectivity index (χ3n) is 1.92. The van der Waals surface area contributed by atoms with Gasteiger partial charge in [-0.25, -0.2) is 4.79 Å². The van der Waals surface area contributed by atoms with Gasteiger partial charge in [0.25, 0.3) is 0 Å². The van der Waals surface area contributed by atoms with E-state index in [1.165, 1.54) is 17.1 Å². The number of aliphatic carboxylic acids is 1. The molecule has 0 saturated heterocycles. The van der Waals surface area contributed by atoms with Gasteiger partial charge in [-0.1, -0.05) is 13.3 Å². The largest absolute Gasteiger partial charge is 0.480 e. The normalized spacial score (nSPS) is 12.4. The van der Waals surface area contributed by atoms with E-state index in [9.17, 15) is 9.59 Å². The van der Waals surface area contributed by atoms with E-state index >= 15 is 0 Å². The minimum absolute atomic E-state index is 0.396. The number of carbonyl (C=O) groups is 2. The van der Waals surface area contributed by atoms with E-state index in [1.807, 2.05) is 6.92 Å². The van der Waals surface area contributed by atoms with E-state index in [2.05, 4.69) is 5.10 Å². The summed E-state index contributed by atoms with van der Waals surface area (Å²) < 4.78 is 1.32. The Morgan fingerprint density at radius 3 is 2.93 bits per heavy atom. The average molecular weight is 196 g/mol. The van der Waals surface area contributed by atoms with Crippen LogP contribution in [-0.4, -0.2) is 27.1 Å². The molecular formula is C9H12N2O3. The predicted octanol–water partition coefficient (Wildman–Crippen LogP) is 1.12. The molecule has 76 valence electrons. The number of nitrogens with zero attached hydrogens (tertiary/aromatic N) is 2. The van der Waals surface area contributed by atoms with Gasteiger partial charge in [0, 0.05) is 6.20 Å². The molecule has 0 fully saturated rings. The maximum absolute atomic E-state index is 10.8. The minimum Gasteiger partial charge on any atom is -0.480 e. The number of hydrogen-bond donors (Lipinski definition) is 1. The van der Waals surface area contributed by atoms with Crippen LogP contribution < -0.4 is 0 Å². The SMILES string of the molecule is CCCC(C(=O)O)n1cc(C=O)cn1. The predicted molar refractivity (Wildman–Crippen MR) is 49.2 cm³/mol. The third kappa shape index (κ3) is 2.18.